The second-order valence-corrected chi connectivity index (χ2v) is 6.30. The molecular weight excluding hydrogens is 299 g/mol. The molecule has 0 atom stereocenters. The van der Waals surface area contributed by atoms with Gasteiger partial charge in [-0.3, -0.25) is 4.79 Å². The fourth-order valence-electron chi connectivity index (χ4n) is 2.82. The van der Waals surface area contributed by atoms with Crippen LogP contribution < -0.4 is 5.56 Å². The quantitative estimate of drug-likeness (QED) is 0.881. The van der Waals surface area contributed by atoms with Crippen molar-refractivity contribution in [2.45, 2.75) is 36.5 Å². The van der Waals surface area contributed by atoms with E-state index >= 15 is 0 Å². The second kappa shape index (κ2) is 6.37. The van der Waals surface area contributed by atoms with Crippen molar-refractivity contribution >= 4 is 11.8 Å². The first kappa shape index (κ1) is 14.9. The van der Waals surface area contributed by atoms with Crippen LogP contribution in [0.3, 0.4) is 0 Å². The summed E-state index contributed by atoms with van der Waals surface area (Å²) >= 11 is 1.43. The number of rotatable bonds is 3. The average molecular weight is 314 g/mol. The Hall–Kier alpha value is -2.06. The van der Waals surface area contributed by atoms with Crippen molar-refractivity contribution in [3.63, 3.8) is 0 Å². The number of nitriles is 1. The number of thioether (sulfide) groups is 1. The lowest BCUT2D eigenvalue weighted by Gasteiger charge is -2.19. The molecule has 0 amide bonds. The highest BCUT2D eigenvalue weighted by Crippen LogP contribution is 2.31. The number of aromatic amines is 1. The molecule has 1 N–H and O–H groups in total. The van der Waals surface area contributed by atoms with Crippen molar-refractivity contribution < 1.29 is 4.39 Å². The third-order valence-corrected chi connectivity index (χ3v) is 5.03. The maximum atomic E-state index is 13.7. The molecule has 0 aliphatic heterocycles. The predicted octanol–water partition coefficient (Wildman–Crippen LogP) is 3.56. The smallest absolute Gasteiger partial charge is 0.267 e. The Morgan fingerprint density at radius 3 is 2.68 bits per heavy atom. The highest BCUT2D eigenvalue weighted by molar-refractivity contribution is 7.98. The maximum Gasteiger partial charge on any atom is 0.267 e. The Kier molecular flexibility index (Phi) is 4.30. The molecule has 0 fully saturated rings. The van der Waals surface area contributed by atoms with Crippen LogP contribution in [0.25, 0.3) is 0 Å². The van der Waals surface area contributed by atoms with Crippen LogP contribution in [0, 0.1) is 17.1 Å². The lowest BCUT2D eigenvalue weighted by atomic mass is 9.90. The molecule has 3 rings (SSSR count). The van der Waals surface area contributed by atoms with Crippen molar-refractivity contribution in [2.24, 2.45) is 0 Å². The molecule has 3 nitrogen and oxygen atoms in total. The number of pyridine rings is 1. The zero-order valence-electron chi connectivity index (χ0n) is 12.0. The van der Waals surface area contributed by atoms with E-state index in [1.165, 1.54) is 17.8 Å². The minimum absolute atomic E-state index is 0.236. The molecule has 22 heavy (non-hydrogen) atoms. The fraction of sp³-hybridized carbons (Fsp3) is 0.294. The highest BCUT2D eigenvalue weighted by Gasteiger charge is 2.20. The van der Waals surface area contributed by atoms with Crippen molar-refractivity contribution in [1.29, 1.82) is 5.26 Å². The molecule has 2 aromatic rings. The third-order valence-electron chi connectivity index (χ3n) is 3.94. The number of aromatic nitrogens is 1. The molecule has 0 unspecified atom stereocenters. The molecule has 112 valence electrons. The molecule has 1 aliphatic carbocycles. The van der Waals surface area contributed by atoms with E-state index in [2.05, 4.69) is 4.98 Å². The highest BCUT2D eigenvalue weighted by atomic mass is 32.2. The van der Waals surface area contributed by atoms with E-state index in [9.17, 15) is 14.4 Å². The van der Waals surface area contributed by atoms with Crippen LogP contribution >= 0.6 is 11.8 Å². The van der Waals surface area contributed by atoms with Crippen LogP contribution in [0.5, 0.6) is 0 Å². The molecule has 1 aliphatic rings. The second-order valence-electron chi connectivity index (χ2n) is 5.31. The number of H-pyrrole nitrogens is 1. The first-order valence-corrected chi connectivity index (χ1v) is 8.23. The van der Waals surface area contributed by atoms with Gasteiger partial charge in [-0.15, -0.1) is 11.8 Å². The molecule has 0 saturated carbocycles. The number of hydrogen-bond donors (Lipinski definition) is 1. The minimum atomic E-state index is -0.334. The Balaban J connectivity index is 1.95. The van der Waals surface area contributed by atoms with Gasteiger partial charge in [-0.05, 0) is 48.4 Å². The summed E-state index contributed by atoms with van der Waals surface area (Å²) in [6.07, 6.45) is 3.69. The van der Waals surface area contributed by atoms with E-state index in [0.717, 1.165) is 41.8 Å². The lowest BCUT2D eigenvalue weighted by molar-refractivity contribution is 0.617. The Morgan fingerprint density at radius 1 is 1.23 bits per heavy atom. The summed E-state index contributed by atoms with van der Waals surface area (Å²) in [6.45, 7) is 0. The molecule has 0 bridgehead atoms. The van der Waals surface area contributed by atoms with Gasteiger partial charge in [0.05, 0.1) is 5.03 Å². The molecule has 0 radical (unpaired) electrons. The molecule has 0 saturated heterocycles. The number of nitrogens with zero attached hydrogens (tertiary/aromatic N) is 1. The van der Waals surface area contributed by atoms with Gasteiger partial charge in [-0.1, -0.05) is 18.2 Å². The molecule has 5 heteroatoms. The number of fused-ring (bicyclic) bond motifs is 1. The summed E-state index contributed by atoms with van der Waals surface area (Å²) in [5.74, 6) is 0.223. The summed E-state index contributed by atoms with van der Waals surface area (Å²) < 4.78 is 13.7. The van der Waals surface area contributed by atoms with Crippen LogP contribution in [0.1, 0.15) is 35.1 Å². The standard InChI is InChI=1S/C17H15FN2OS/c18-15-8-4-1-5-11(15)10-22-17-13-7-3-2-6-12(13)14(9-19)16(21)20-17/h1,4-5,8H,2-3,6-7,10H2,(H,20,21). The number of nitrogens with one attached hydrogen (secondary N) is 1. The zero-order valence-corrected chi connectivity index (χ0v) is 12.8. The zero-order chi connectivity index (χ0) is 15.5. The fourth-order valence-corrected chi connectivity index (χ4v) is 3.92. The van der Waals surface area contributed by atoms with Crippen molar-refractivity contribution in [3.05, 3.63) is 62.7 Å². The Morgan fingerprint density at radius 2 is 1.95 bits per heavy atom. The van der Waals surface area contributed by atoms with Crippen LogP contribution in [0.2, 0.25) is 0 Å². The summed E-state index contributed by atoms with van der Waals surface area (Å²) in [4.78, 5) is 14.9. The van der Waals surface area contributed by atoms with Gasteiger partial charge >= 0.3 is 0 Å². The molecule has 1 aromatic carbocycles. The van der Waals surface area contributed by atoms with E-state index in [0.29, 0.717) is 11.3 Å². The Labute approximate surface area is 132 Å². The molecular formula is C17H15FN2OS. The molecule has 1 heterocycles. The number of hydrogen-bond acceptors (Lipinski definition) is 3. The van der Waals surface area contributed by atoms with Gasteiger partial charge in [-0.2, -0.15) is 5.26 Å². The van der Waals surface area contributed by atoms with Gasteiger partial charge in [0.2, 0.25) is 0 Å². The normalized spacial score (nSPS) is 13.5. The largest absolute Gasteiger partial charge is 0.316 e. The number of halogens is 1. The Bertz CT molecular complexity index is 807. The van der Waals surface area contributed by atoms with Gasteiger partial charge in [0, 0.05) is 5.75 Å². The van der Waals surface area contributed by atoms with E-state index in [1.54, 1.807) is 18.2 Å². The van der Waals surface area contributed by atoms with Gasteiger partial charge < -0.3 is 4.98 Å². The number of benzene rings is 1. The molecule has 1 aromatic heterocycles. The van der Waals surface area contributed by atoms with Crippen molar-refractivity contribution in [1.82, 2.24) is 4.98 Å². The van der Waals surface area contributed by atoms with E-state index in [-0.39, 0.29) is 16.9 Å². The van der Waals surface area contributed by atoms with Crippen LogP contribution in [-0.4, -0.2) is 4.98 Å². The van der Waals surface area contributed by atoms with Crippen LogP contribution in [0.15, 0.2) is 34.1 Å². The van der Waals surface area contributed by atoms with Gasteiger partial charge in [-0.25, -0.2) is 4.39 Å². The maximum absolute atomic E-state index is 13.7. The summed E-state index contributed by atoms with van der Waals surface area (Å²) in [6, 6.07) is 8.67. The van der Waals surface area contributed by atoms with Crippen molar-refractivity contribution in [2.75, 3.05) is 0 Å². The first-order valence-electron chi connectivity index (χ1n) is 7.25. The third kappa shape index (κ3) is 2.79. The van der Waals surface area contributed by atoms with Gasteiger partial charge in [0.15, 0.2) is 0 Å². The predicted molar refractivity (Wildman–Crippen MR) is 84.4 cm³/mol. The summed E-state index contributed by atoms with van der Waals surface area (Å²) in [5.41, 5.74) is 2.46. The van der Waals surface area contributed by atoms with Gasteiger partial charge in [0.25, 0.3) is 5.56 Å². The molecule has 0 spiro atoms. The first-order chi connectivity index (χ1) is 10.7. The van der Waals surface area contributed by atoms with Crippen LogP contribution in [-0.2, 0) is 18.6 Å². The summed E-state index contributed by atoms with van der Waals surface area (Å²) in [5, 5.41) is 9.96. The van der Waals surface area contributed by atoms with Gasteiger partial charge in [0.1, 0.15) is 17.4 Å². The SMILES string of the molecule is N#Cc1c2c(c(SCc3ccccc3F)[nH]c1=O)CCCC2. The lowest BCUT2D eigenvalue weighted by Crippen LogP contribution is -2.20. The van der Waals surface area contributed by atoms with E-state index in [1.807, 2.05) is 6.07 Å². The average Bonchev–Trinajstić information content (AvgIpc) is 2.54. The monoisotopic (exact) mass is 314 g/mol. The minimum Gasteiger partial charge on any atom is -0.316 e. The van der Waals surface area contributed by atoms with Crippen LogP contribution in [0.4, 0.5) is 4.39 Å². The van der Waals surface area contributed by atoms with E-state index in [4.69, 9.17) is 0 Å². The van der Waals surface area contributed by atoms with Crippen molar-refractivity contribution in [3.8, 4) is 6.07 Å². The van der Waals surface area contributed by atoms with E-state index < -0.39 is 0 Å². The summed E-state index contributed by atoms with van der Waals surface area (Å²) in [7, 11) is 0. The topological polar surface area (TPSA) is 56.6 Å².